The van der Waals surface area contributed by atoms with Crippen LogP contribution in [-0.4, -0.2) is 44.5 Å². The summed E-state index contributed by atoms with van der Waals surface area (Å²) in [6.07, 6.45) is -0.369. The van der Waals surface area contributed by atoms with Gasteiger partial charge >= 0.3 is 23.8 Å². The molecule has 0 aliphatic rings. The molecule has 1 aromatic heterocycles. The lowest BCUT2D eigenvalue weighted by molar-refractivity contribution is -0.139. The summed E-state index contributed by atoms with van der Waals surface area (Å²) in [6.45, 7) is 4.99. The van der Waals surface area contributed by atoms with E-state index in [9.17, 15) is 24.3 Å². The van der Waals surface area contributed by atoms with Crippen molar-refractivity contribution in [1.82, 2.24) is 14.9 Å². The van der Waals surface area contributed by atoms with Crippen molar-refractivity contribution in [3.8, 4) is 0 Å². The van der Waals surface area contributed by atoms with E-state index in [2.05, 4.69) is 15.6 Å². The van der Waals surface area contributed by atoms with Gasteiger partial charge in [-0.05, 0) is 38.8 Å². The number of carbonyl (C=O) groups is 3. The van der Waals surface area contributed by atoms with Crippen molar-refractivity contribution in [1.29, 1.82) is 0 Å². The lowest BCUT2D eigenvalue weighted by Crippen LogP contribution is -2.44. The number of aliphatic carboxylic acids is 1. The minimum absolute atomic E-state index is 0.00836. The van der Waals surface area contributed by atoms with Gasteiger partial charge in [-0.15, -0.1) is 0 Å². The van der Waals surface area contributed by atoms with Crippen LogP contribution < -0.4 is 16.3 Å². The van der Waals surface area contributed by atoms with Gasteiger partial charge in [-0.25, -0.2) is 19.2 Å². The van der Waals surface area contributed by atoms with Gasteiger partial charge in [0.15, 0.2) is 0 Å². The minimum atomic E-state index is -1.27. The van der Waals surface area contributed by atoms with Crippen LogP contribution in [0.15, 0.2) is 47.4 Å². The number of ether oxygens (including phenoxy) is 2. The number of alkyl carbamates (subject to hydrolysis) is 1. The molecule has 0 spiro atoms. The standard InChI is InChI=1S/C21H26N4O7/c1-21(2,3)32-20(30)22-15(17(26)27)9-11-25-12-10-16(23-18(25)28)24-19(29)31-13-14-7-5-4-6-8-14/h4-8,10,12,15H,9,11,13H2,1-3H3,(H,22,30)(H,26,27)(H,23,24,28,29)/t15-/m0/s1. The zero-order chi connectivity index (χ0) is 23.7. The van der Waals surface area contributed by atoms with Gasteiger partial charge in [0.25, 0.3) is 0 Å². The first-order chi connectivity index (χ1) is 15.0. The summed E-state index contributed by atoms with van der Waals surface area (Å²) >= 11 is 0. The molecule has 2 aromatic rings. The second kappa shape index (κ2) is 10.9. The van der Waals surface area contributed by atoms with Gasteiger partial charge < -0.3 is 19.9 Å². The van der Waals surface area contributed by atoms with Crippen molar-refractivity contribution in [2.45, 2.75) is 52.0 Å². The van der Waals surface area contributed by atoms with Crippen LogP contribution in [0, 0.1) is 0 Å². The zero-order valence-electron chi connectivity index (χ0n) is 18.0. The molecule has 0 radical (unpaired) electrons. The van der Waals surface area contributed by atoms with E-state index in [0.29, 0.717) is 0 Å². The summed E-state index contributed by atoms with van der Waals surface area (Å²) in [5, 5.41) is 13.9. The largest absolute Gasteiger partial charge is 0.480 e. The van der Waals surface area contributed by atoms with Crippen LogP contribution in [0.25, 0.3) is 0 Å². The van der Waals surface area contributed by atoms with Crippen LogP contribution in [0.5, 0.6) is 0 Å². The highest BCUT2D eigenvalue weighted by molar-refractivity contribution is 5.83. The number of rotatable bonds is 8. The Kier molecular flexibility index (Phi) is 8.33. The van der Waals surface area contributed by atoms with E-state index in [1.54, 1.807) is 32.9 Å². The van der Waals surface area contributed by atoms with Crippen molar-refractivity contribution in [2.75, 3.05) is 5.32 Å². The Hall–Kier alpha value is -3.89. The topological polar surface area (TPSA) is 149 Å². The van der Waals surface area contributed by atoms with Crippen LogP contribution in [0.1, 0.15) is 32.8 Å². The Labute approximate surface area is 184 Å². The quantitative estimate of drug-likeness (QED) is 0.559. The third-order valence-corrected chi connectivity index (χ3v) is 3.96. The molecule has 0 fully saturated rings. The fourth-order valence-corrected chi connectivity index (χ4v) is 2.51. The smallest absolute Gasteiger partial charge is 0.413 e. The van der Waals surface area contributed by atoms with Gasteiger partial charge in [-0.3, -0.25) is 9.88 Å². The van der Waals surface area contributed by atoms with E-state index >= 15 is 0 Å². The lowest BCUT2D eigenvalue weighted by Gasteiger charge is -2.22. The number of carboxylic acid groups (broad SMARTS) is 1. The molecule has 2 amide bonds. The first-order valence-corrected chi connectivity index (χ1v) is 9.81. The van der Waals surface area contributed by atoms with Crippen molar-refractivity contribution in [3.05, 3.63) is 58.6 Å². The zero-order valence-corrected chi connectivity index (χ0v) is 18.0. The van der Waals surface area contributed by atoms with E-state index in [0.717, 1.165) is 10.1 Å². The average Bonchev–Trinajstić information content (AvgIpc) is 2.70. The van der Waals surface area contributed by atoms with Crippen LogP contribution in [0.4, 0.5) is 15.4 Å². The number of hydrogen-bond donors (Lipinski definition) is 3. The van der Waals surface area contributed by atoms with Gasteiger partial charge in [-0.2, -0.15) is 4.98 Å². The molecule has 11 nitrogen and oxygen atoms in total. The predicted octanol–water partition coefficient (Wildman–Crippen LogP) is 2.36. The Bertz CT molecular complexity index is 999. The Balaban J connectivity index is 1.90. The third kappa shape index (κ3) is 8.46. The average molecular weight is 446 g/mol. The van der Waals surface area contributed by atoms with E-state index in [1.807, 2.05) is 18.2 Å². The molecular weight excluding hydrogens is 420 g/mol. The van der Waals surface area contributed by atoms with Crippen molar-refractivity contribution >= 4 is 24.0 Å². The van der Waals surface area contributed by atoms with Crippen molar-refractivity contribution in [3.63, 3.8) is 0 Å². The van der Waals surface area contributed by atoms with Gasteiger partial charge in [0, 0.05) is 12.7 Å². The van der Waals surface area contributed by atoms with E-state index in [4.69, 9.17) is 9.47 Å². The highest BCUT2D eigenvalue weighted by atomic mass is 16.6. The van der Waals surface area contributed by atoms with E-state index < -0.39 is 35.5 Å². The molecule has 11 heteroatoms. The summed E-state index contributed by atoms with van der Waals surface area (Å²) in [5.41, 5.74) is -0.676. The van der Waals surface area contributed by atoms with E-state index in [1.165, 1.54) is 12.3 Å². The van der Waals surface area contributed by atoms with E-state index in [-0.39, 0.29) is 25.4 Å². The van der Waals surface area contributed by atoms with Crippen LogP contribution >= 0.6 is 0 Å². The molecule has 0 aliphatic carbocycles. The molecule has 0 unspecified atom stereocenters. The number of aromatic nitrogens is 2. The molecular formula is C21H26N4O7. The highest BCUT2D eigenvalue weighted by Crippen LogP contribution is 2.08. The van der Waals surface area contributed by atoms with Crippen LogP contribution in [-0.2, 0) is 27.4 Å². The number of carbonyl (C=O) groups excluding carboxylic acids is 2. The summed E-state index contributed by atoms with van der Waals surface area (Å²) in [7, 11) is 0. The number of aryl methyl sites for hydroxylation is 1. The maximum Gasteiger partial charge on any atom is 0.413 e. The highest BCUT2D eigenvalue weighted by Gasteiger charge is 2.24. The maximum atomic E-state index is 12.2. The Morgan fingerprint density at radius 3 is 2.41 bits per heavy atom. The Morgan fingerprint density at radius 1 is 1.12 bits per heavy atom. The molecule has 0 saturated heterocycles. The Morgan fingerprint density at radius 2 is 1.81 bits per heavy atom. The molecule has 32 heavy (non-hydrogen) atoms. The molecule has 1 aromatic carbocycles. The number of anilines is 1. The van der Waals surface area contributed by atoms with Crippen LogP contribution in [0.3, 0.4) is 0 Å². The number of carboxylic acids is 1. The minimum Gasteiger partial charge on any atom is -0.480 e. The first-order valence-electron chi connectivity index (χ1n) is 9.81. The number of nitrogens with zero attached hydrogens (tertiary/aromatic N) is 2. The molecule has 1 atom stereocenters. The van der Waals surface area contributed by atoms with Crippen molar-refractivity contribution < 1.29 is 29.0 Å². The molecule has 172 valence electrons. The summed E-state index contributed by atoms with van der Waals surface area (Å²) in [5.74, 6) is -1.28. The van der Waals surface area contributed by atoms with Gasteiger partial charge in [0.05, 0.1) is 0 Å². The fraction of sp³-hybridized carbons (Fsp3) is 0.381. The SMILES string of the molecule is CC(C)(C)OC(=O)N[C@@H](CCn1ccc(NC(=O)OCc2ccccc2)nc1=O)C(=O)O. The number of amides is 2. The molecule has 3 N–H and O–H groups in total. The maximum absolute atomic E-state index is 12.2. The summed E-state index contributed by atoms with van der Waals surface area (Å²) in [6, 6.07) is 9.19. The molecule has 0 bridgehead atoms. The van der Waals surface area contributed by atoms with Gasteiger partial charge in [0.2, 0.25) is 0 Å². The molecule has 2 rings (SSSR count). The first kappa shape index (κ1) is 24.4. The van der Waals surface area contributed by atoms with Crippen molar-refractivity contribution in [2.24, 2.45) is 0 Å². The third-order valence-electron chi connectivity index (χ3n) is 3.96. The predicted molar refractivity (Wildman–Crippen MR) is 114 cm³/mol. The fourth-order valence-electron chi connectivity index (χ4n) is 2.51. The number of benzene rings is 1. The van der Waals surface area contributed by atoms with Crippen LogP contribution in [0.2, 0.25) is 0 Å². The normalized spacial score (nSPS) is 11.8. The molecule has 0 saturated carbocycles. The van der Waals surface area contributed by atoms with Gasteiger partial charge in [0.1, 0.15) is 24.1 Å². The molecule has 0 aliphatic heterocycles. The summed E-state index contributed by atoms with van der Waals surface area (Å²) < 4.78 is 11.3. The molecule has 1 heterocycles. The lowest BCUT2D eigenvalue weighted by atomic mass is 10.2. The monoisotopic (exact) mass is 446 g/mol. The van der Waals surface area contributed by atoms with Gasteiger partial charge in [-0.1, -0.05) is 30.3 Å². The number of nitrogens with one attached hydrogen (secondary N) is 2. The number of hydrogen-bond acceptors (Lipinski definition) is 7. The second-order valence-electron chi connectivity index (χ2n) is 7.80. The summed E-state index contributed by atoms with van der Waals surface area (Å²) in [4.78, 5) is 51.0. The second-order valence-corrected chi connectivity index (χ2v) is 7.80.